The Bertz CT molecular complexity index is 995. The molecule has 7 heteroatoms. The molecule has 2 aromatic heterocycles. The number of pyridine rings is 1. The SMILES string of the molecule is CCC(c1ccc(S(C)(=O)=O)cc1)n1ccnc1-c1ccnc(OC)c1. The lowest BCUT2D eigenvalue weighted by atomic mass is 10.0. The standard InChI is InChI=1S/C19H21N3O3S/c1-4-17(14-5-7-16(8-6-14)26(3,23)24)22-12-11-21-19(22)15-9-10-20-18(13-15)25-2/h5-13,17H,4H2,1-3H3. The maximum atomic E-state index is 11.7. The van der Waals surface area contributed by atoms with E-state index in [2.05, 4.69) is 21.5 Å². The molecule has 3 rings (SSSR count). The molecule has 0 saturated carbocycles. The van der Waals surface area contributed by atoms with Crippen LogP contribution in [0.1, 0.15) is 24.9 Å². The fraction of sp³-hybridized carbons (Fsp3) is 0.263. The first kappa shape index (κ1) is 18.1. The van der Waals surface area contributed by atoms with Crippen LogP contribution in [0, 0.1) is 0 Å². The van der Waals surface area contributed by atoms with Crippen LogP contribution in [0.25, 0.3) is 11.4 Å². The molecule has 6 nitrogen and oxygen atoms in total. The minimum atomic E-state index is -3.20. The van der Waals surface area contributed by atoms with Gasteiger partial charge >= 0.3 is 0 Å². The molecule has 3 aromatic rings. The largest absolute Gasteiger partial charge is 0.481 e. The number of hydrogen-bond donors (Lipinski definition) is 0. The van der Waals surface area contributed by atoms with E-state index in [1.807, 2.05) is 30.5 Å². The predicted octanol–water partition coefficient (Wildman–Crippen LogP) is 3.36. The van der Waals surface area contributed by atoms with Crippen LogP contribution >= 0.6 is 0 Å². The van der Waals surface area contributed by atoms with E-state index in [0.717, 1.165) is 23.4 Å². The molecule has 1 aromatic carbocycles. The zero-order chi connectivity index (χ0) is 18.7. The first-order valence-electron chi connectivity index (χ1n) is 8.27. The molecule has 0 N–H and O–H groups in total. The Labute approximate surface area is 153 Å². The lowest BCUT2D eigenvalue weighted by Gasteiger charge is -2.20. The van der Waals surface area contributed by atoms with Gasteiger partial charge in [0.05, 0.1) is 18.0 Å². The zero-order valence-corrected chi connectivity index (χ0v) is 15.8. The van der Waals surface area contributed by atoms with Crippen molar-refractivity contribution in [2.75, 3.05) is 13.4 Å². The van der Waals surface area contributed by atoms with Crippen LogP contribution in [-0.4, -0.2) is 36.3 Å². The third-order valence-corrected chi connectivity index (χ3v) is 5.41. The van der Waals surface area contributed by atoms with E-state index >= 15 is 0 Å². The Hall–Kier alpha value is -2.67. The van der Waals surface area contributed by atoms with E-state index in [1.54, 1.807) is 31.6 Å². The first-order chi connectivity index (χ1) is 12.4. The highest BCUT2D eigenvalue weighted by atomic mass is 32.2. The number of imidazole rings is 1. The Morgan fingerprint density at radius 3 is 2.46 bits per heavy atom. The second-order valence-corrected chi connectivity index (χ2v) is 8.03. The highest BCUT2D eigenvalue weighted by Crippen LogP contribution is 2.29. The summed E-state index contributed by atoms with van der Waals surface area (Å²) in [5, 5.41) is 0. The molecule has 2 heterocycles. The van der Waals surface area contributed by atoms with Crippen molar-refractivity contribution >= 4 is 9.84 Å². The van der Waals surface area contributed by atoms with Crippen LogP contribution in [-0.2, 0) is 9.84 Å². The molecule has 1 unspecified atom stereocenters. The summed E-state index contributed by atoms with van der Waals surface area (Å²) in [5.74, 6) is 1.34. The Kier molecular flexibility index (Phi) is 5.08. The lowest BCUT2D eigenvalue weighted by molar-refractivity contribution is 0.398. The summed E-state index contributed by atoms with van der Waals surface area (Å²) in [6, 6.07) is 10.8. The van der Waals surface area contributed by atoms with E-state index in [1.165, 1.54) is 6.26 Å². The molecule has 26 heavy (non-hydrogen) atoms. The number of benzene rings is 1. The Balaban J connectivity index is 2.01. The fourth-order valence-corrected chi connectivity index (χ4v) is 3.61. The molecule has 1 atom stereocenters. The molecule has 0 aliphatic rings. The summed E-state index contributed by atoms with van der Waals surface area (Å²) >= 11 is 0. The van der Waals surface area contributed by atoms with E-state index in [-0.39, 0.29) is 6.04 Å². The predicted molar refractivity (Wildman–Crippen MR) is 100.0 cm³/mol. The second kappa shape index (κ2) is 7.29. The molecular weight excluding hydrogens is 350 g/mol. The summed E-state index contributed by atoms with van der Waals surface area (Å²) in [6.07, 6.45) is 7.43. The van der Waals surface area contributed by atoms with Gasteiger partial charge in [0, 0.05) is 36.5 Å². The van der Waals surface area contributed by atoms with Crippen LogP contribution in [0.2, 0.25) is 0 Å². The molecule has 0 spiro atoms. The molecule has 0 saturated heterocycles. The van der Waals surface area contributed by atoms with Crippen LogP contribution in [0.5, 0.6) is 5.88 Å². The van der Waals surface area contributed by atoms with Gasteiger partial charge in [-0.05, 0) is 30.2 Å². The van der Waals surface area contributed by atoms with E-state index in [4.69, 9.17) is 4.74 Å². The van der Waals surface area contributed by atoms with Crippen LogP contribution in [0.4, 0.5) is 0 Å². The fourth-order valence-electron chi connectivity index (χ4n) is 2.98. The van der Waals surface area contributed by atoms with Crippen LogP contribution < -0.4 is 4.74 Å². The highest BCUT2D eigenvalue weighted by molar-refractivity contribution is 7.90. The number of sulfone groups is 1. The molecule has 0 aliphatic carbocycles. The molecular formula is C19H21N3O3S. The summed E-state index contributed by atoms with van der Waals surface area (Å²) in [5.41, 5.74) is 1.94. The average Bonchev–Trinajstić information content (AvgIpc) is 3.11. The van der Waals surface area contributed by atoms with Crippen molar-refractivity contribution < 1.29 is 13.2 Å². The van der Waals surface area contributed by atoms with E-state index in [9.17, 15) is 8.42 Å². The van der Waals surface area contributed by atoms with Gasteiger partial charge in [0.1, 0.15) is 5.82 Å². The van der Waals surface area contributed by atoms with Crippen LogP contribution in [0.15, 0.2) is 59.9 Å². The van der Waals surface area contributed by atoms with Gasteiger partial charge in [-0.1, -0.05) is 19.1 Å². The lowest BCUT2D eigenvalue weighted by Crippen LogP contribution is -2.11. The maximum absolute atomic E-state index is 11.7. The van der Waals surface area contributed by atoms with Gasteiger partial charge in [0.15, 0.2) is 9.84 Å². The summed E-state index contributed by atoms with van der Waals surface area (Å²) < 4.78 is 30.6. The molecule has 136 valence electrons. The van der Waals surface area contributed by atoms with Crippen molar-refractivity contribution in [3.8, 4) is 17.3 Å². The third-order valence-electron chi connectivity index (χ3n) is 4.29. The van der Waals surface area contributed by atoms with Gasteiger partial charge in [0.2, 0.25) is 5.88 Å². The minimum absolute atomic E-state index is 0.0419. The van der Waals surface area contributed by atoms with Crippen molar-refractivity contribution in [3.63, 3.8) is 0 Å². The topological polar surface area (TPSA) is 74.1 Å². The quantitative estimate of drug-likeness (QED) is 0.664. The monoisotopic (exact) mass is 371 g/mol. The minimum Gasteiger partial charge on any atom is -0.481 e. The summed E-state index contributed by atoms with van der Waals surface area (Å²) in [4.78, 5) is 8.95. The number of nitrogens with zero attached hydrogens (tertiary/aromatic N) is 3. The third kappa shape index (κ3) is 3.62. The normalized spacial score (nSPS) is 12.7. The molecule has 0 aliphatic heterocycles. The first-order valence-corrected chi connectivity index (χ1v) is 10.2. The molecule has 0 fully saturated rings. The maximum Gasteiger partial charge on any atom is 0.213 e. The van der Waals surface area contributed by atoms with Crippen molar-refractivity contribution in [3.05, 3.63) is 60.6 Å². The smallest absolute Gasteiger partial charge is 0.213 e. The number of rotatable bonds is 6. The molecule has 0 bridgehead atoms. The van der Waals surface area contributed by atoms with E-state index < -0.39 is 9.84 Å². The zero-order valence-electron chi connectivity index (χ0n) is 15.0. The Morgan fingerprint density at radius 1 is 1.12 bits per heavy atom. The van der Waals surface area contributed by atoms with Crippen molar-refractivity contribution in [1.82, 2.24) is 14.5 Å². The number of methoxy groups -OCH3 is 1. The summed E-state index contributed by atoms with van der Waals surface area (Å²) in [6.45, 7) is 2.09. The number of ether oxygens (including phenoxy) is 1. The molecule has 0 radical (unpaired) electrons. The van der Waals surface area contributed by atoms with Crippen LogP contribution in [0.3, 0.4) is 0 Å². The van der Waals surface area contributed by atoms with Gasteiger partial charge < -0.3 is 9.30 Å². The van der Waals surface area contributed by atoms with Gasteiger partial charge in [0.25, 0.3) is 0 Å². The highest BCUT2D eigenvalue weighted by Gasteiger charge is 2.17. The van der Waals surface area contributed by atoms with Gasteiger partial charge in [-0.25, -0.2) is 18.4 Å². The number of hydrogen-bond acceptors (Lipinski definition) is 5. The van der Waals surface area contributed by atoms with Crippen molar-refractivity contribution in [1.29, 1.82) is 0 Å². The molecule has 0 amide bonds. The number of aromatic nitrogens is 3. The average molecular weight is 371 g/mol. The van der Waals surface area contributed by atoms with Crippen molar-refractivity contribution in [2.45, 2.75) is 24.3 Å². The van der Waals surface area contributed by atoms with Crippen molar-refractivity contribution in [2.24, 2.45) is 0 Å². The summed E-state index contributed by atoms with van der Waals surface area (Å²) in [7, 11) is -1.62. The van der Waals surface area contributed by atoms with Gasteiger partial charge in [-0.15, -0.1) is 0 Å². The second-order valence-electron chi connectivity index (χ2n) is 6.01. The van der Waals surface area contributed by atoms with Gasteiger partial charge in [-0.2, -0.15) is 0 Å². The Morgan fingerprint density at radius 2 is 1.85 bits per heavy atom. The van der Waals surface area contributed by atoms with Gasteiger partial charge in [-0.3, -0.25) is 0 Å². The van der Waals surface area contributed by atoms with E-state index in [0.29, 0.717) is 10.8 Å².